The first-order chi connectivity index (χ1) is 8.91. The first-order valence-corrected chi connectivity index (χ1v) is 6.36. The zero-order valence-corrected chi connectivity index (χ0v) is 11.8. The maximum Gasteiger partial charge on any atom is 0.198 e. The molecule has 19 heavy (non-hydrogen) atoms. The van der Waals surface area contributed by atoms with Crippen LogP contribution in [0.4, 0.5) is 4.39 Å². The van der Waals surface area contributed by atoms with Gasteiger partial charge in [0.2, 0.25) is 0 Å². The lowest BCUT2D eigenvalue weighted by Crippen LogP contribution is -2.09. The number of rotatable bonds is 2. The minimum absolute atomic E-state index is 0.0563. The van der Waals surface area contributed by atoms with Crippen molar-refractivity contribution in [3.8, 4) is 0 Å². The van der Waals surface area contributed by atoms with Crippen LogP contribution in [0.1, 0.15) is 32.6 Å². The summed E-state index contributed by atoms with van der Waals surface area (Å²) in [7, 11) is 0. The third kappa shape index (κ3) is 2.54. The van der Waals surface area contributed by atoms with Gasteiger partial charge in [-0.1, -0.05) is 35.4 Å². The topological polar surface area (TPSA) is 17.1 Å². The summed E-state index contributed by atoms with van der Waals surface area (Å²) in [6.07, 6.45) is 0. The molecule has 98 valence electrons. The van der Waals surface area contributed by atoms with Gasteiger partial charge in [-0.15, -0.1) is 0 Å². The van der Waals surface area contributed by atoms with E-state index in [4.69, 9.17) is 11.6 Å². The number of benzene rings is 2. The fourth-order valence-electron chi connectivity index (χ4n) is 2.38. The van der Waals surface area contributed by atoms with Crippen molar-refractivity contribution in [3.63, 3.8) is 0 Å². The van der Waals surface area contributed by atoms with Crippen molar-refractivity contribution in [2.24, 2.45) is 0 Å². The van der Waals surface area contributed by atoms with Gasteiger partial charge >= 0.3 is 0 Å². The molecule has 0 aliphatic carbocycles. The van der Waals surface area contributed by atoms with Crippen LogP contribution in [0, 0.1) is 26.6 Å². The molecular formula is C16H14ClFO. The van der Waals surface area contributed by atoms with Gasteiger partial charge in [-0.2, -0.15) is 0 Å². The fourth-order valence-corrected chi connectivity index (χ4v) is 2.63. The van der Waals surface area contributed by atoms with E-state index in [1.165, 1.54) is 18.2 Å². The second kappa shape index (κ2) is 5.14. The molecule has 3 heteroatoms. The lowest BCUT2D eigenvalue weighted by atomic mass is 9.93. The predicted molar refractivity (Wildman–Crippen MR) is 75.5 cm³/mol. The van der Waals surface area contributed by atoms with Gasteiger partial charge in [0.25, 0.3) is 0 Å². The molecule has 0 aromatic heterocycles. The molecule has 0 bridgehead atoms. The van der Waals surface area contributed by atoms with Crippen molar-refractivity contribution in [1.29, 1.82) is 0 Å². The summed E-state index contributed by atoms with van der Waals surface area (Å²) in [6.45, 7) is 5.66. The van der Waals surface area contributed by atoms with Crippen molar-refractivity contribution >= 4 is 17.4 Å². The molecule has 0 aliphatic heterocycles. The van der Waals surface area contributed by atoms with Gasteiger partial charge in [0, 0.05) is 5.56 Å². The summed E-state index contributed by atoms with van der Waals surface area (Å²) in [4.78, 5) is 12.5. The highest BCUT2D eigenvalue weighted by Crippen LogP contribution is 2.26. The van der Waals surface area contributed by atoms with Gasteiger partial charge in [-0.25, -0.2) is 4.39 Å². The van der Waals surface area contributed by atoms with Crippen molar-refractivity contribution in [2.75, 3.05) is 0 Å². The quantitative estimate of drug-likeness (QED) is 0.731. The summed E-state index contributed by atoms with van der Waals surface area (Å²) in [5, 5.41) is 0.143. The monoisotopic (exact) mass is 276 g/mol. The average molecular weight is 277 g/mol. The van der Waals surface area contributed by atoms with E-state index in [-0.39, 0.29) is 16.4 Å². The molecule has 2 aromatic rings. The average Bonchev–Trinajstić information content (AvgIpc) is 2.26. The molecule has 2 rings (SSSR count). The van der Waals surface area contributed by atoms with Crippen LogP contribution in [0.15, 0.2) is 30.3 Å². The molecule has 0 saturated carbocycles. The maximum absolute atomic E-state index is 13.8. The first kappa shape index (κ1) is 13.8. The predicted octanol–water partition coefficient (Wildman–Crippen LogP) is 4.64. The van der Waals surface area contributed by atoms with Crippen molar-refractivity contribution in [2.45, 2.75) is 20.8 Å². The highest BCUT2D eigenvalue weighted by atomic mass is 35.5. The van der Waals surface area contributed by atoms with Crippen LogP contribution in [0.25, 0.3) is 0 Å². The summed E-state index contributed by atoms with van der Waals surface area (Å²) >= 11 is 5.95. The van der Waals surface area contributed by atoms with E-state index in [2.05, 4.69) is 0 Å². The number of halogens is 2. The Morgan fingerprint density at radius 1 is 1.05 bits per heavy atom. The number of carbonyl (C=O) groups is 1. The second-order valence-corrected chi connectivity index (χ2v) is 5.11. The summed E-state index contributed by atoms with van der Waals surface area (Å²) < 4.78 is 13.8. The largest absolute Gasteiger partial charge is 0.288 e. The van der Waals surface area contributed by atoms with Gasteiger partial charge in [-0.3, -0.25) is 4.79 Å². The SMILES string of the molecule is Cc1cc(C)c(C(=O)c2c(F)cccc2Cl)c(C)c1. The molecule has 0 radical (unpaired) electrons. The molecular weight excluding hydrogens is 263 g/mol. The van der Waals surface area contributed by atoms with Crippen LogP contribution in [-0.4, -0.2) is 5.78 Å². The number of hydrogen-bond acceptors (Lipinski definition) is 1. The number of hydrogen-bond donors (Lipinski definition) is 0. The zero-order valence-electron chi connectivity index (χ0n) is 11.1. The smallest absolute Gasteiger partial charge is 0.198 e. The number of aryl methyl sites for hydroxylation is 3. The van der Waals surface area contributed by atoms with Gasteiger partial charge in [-0.05, 0) is 44.0 Å². The molecule has 0 amide bonds. The van der Waals surface area contributed by atoms with Crippen LogP contribution in [-0.2, 0) is 0 Å². The summed E-state index contributed by atoms with van der Waals surface area (Å²) in [5.74, 6) is -0.949. The van der Waals surface area contributed by atoms with E-state index in [1.807, 2.05) is 32.9 Å². The molecule has 0 unspecified atom stereocenters. The summed E-state index contributed by atoms with van der Waals surface area (Å²) in [5.41, 5.74) is 3.21. The molecule has 2 aromatic carbocycles. The molecule has 0 heterocycles. The molecule has 0 atom stereocenters. The molecule has 0 aliphatic rings. The normalized spacial score (nSPS) is 10.6. The minimum Gasteiger partial charge on any atom is -0.288 e. The highest BCUT2D eigenvalue weighted by Gasteiger charge is 2.20. The van der Waals surface area contributed by atoms with Crippen molar-refractivity contribution in [1.82, 2.24) is 0 Å². The Morgan fingerprint density at radius 2 is 1.63 bits per heavy atom. The third-order valence-corrected chi connectivity index (χ3v) is 3.41. The van der Waals surface area contributed by atoms with Crippen LogP contribution in [0.5, 0.6) is 0 Å². The van der Waals surface area contributed by atoms with E-state index in [0.717, 1.165) is 16.7 Å². The third-order valence-electron chi connectivity index (χ3n) is 3.09. The van der Waals surface area contributed by atoms with Crippen LogP contribution in [0.3, 0.4) is 0 Å². The Labute approximate surface area is 117 Å². The lowest BCUT2D eigenvalue weighted by molar-refractivity contribution is 0.103. The molecule has 0 saturated heterocycles. The molecule has 0 spiro atoms. The van der Waals surface area contributed by atoms with Crippen LogP contribution >= 0.6 is 11.6 Å². The standard InChI is InChI=1S/C16H14ClFO/c1-9-7-10(2)14(11(3)8-9)16(19)15-12(17)5-4-6-13(15)18/h4-8H,1-3H3. The Morgan fingerprint density at radius 3 is 2.16 bits per heavy atom. The van der Waals surface area contributed by atoms with Crippen LogP contribution in [0.2, 0.25) is 5.02 Å². The van der Waals surface area contributed by atoms with E-state index in [1.54, 1.807) is 0 Å². The molecule has 0 N–H and O–H groups in total. The van der Waals surface area contributed by atoms with Crippen molar-refractivity contribution < 1.29 is 9.18 Å². The van der Waals surface area contributed by atoms with E-state index >= 15 is 0 Å². The fraction of sp³-hybridized carbons (Fsp3) is 0.188. The molecule has 0 fully saturated rings. The Balaban J connectivity index is 2.64. The second-order valence-electron chi connectivity index (χ2n) is 4.70. The van der Waals surface area contributed by atoms with E-state index < -0.39 is 5.82 Å². The van der Waals surface area contributed by atoms with Crippen LogP contribution < -0.4 is 0 Å². The first-order valence-electron chi connectivity index (χ1n) is 5.98. The van der Waals surface area contributed by atoms with Gasteiger partial charge in [0.15, 0.2) is 5.78 Å². The Bertz CT molecular complexity index is 619. The maximum atomic E-state index is 13.8. The van der Waals surface area contributed by atoms with Gasteiger partial charge < -0.3 is 0 Å². The summed E-state index contributed by atoms with van der Waals surface area (Å²) in [6, 6.07) is 8.09. The Hall–Kier alpha value is -1.67. The Kier molecular flexibility index (Phi) is 3.72. The number of ketones is 1. The number of carbonyl (C=O) groups excluding carboxylic acids is 1. The van der Waals surface area contributed by atoms with Crippen molar-refractivity contribution in [3.05, 3.63) is 69.0 Å². The van der Waals surface area contributed by atoms with Gasteiger partial charge in [0.05, 0.1) is 10.6 Å². The lowest BCUT2D eigenvalue weighted by Gasteiger charge is -2.11. The highest BCUT2D eigenvalue weighted by molar-refractivity contribution is 6.35. The zero-order chi connectivity index (χ0) is 14.2. The van der Waals surface area contributed by atoms with E-state index in [0.29, 0.717) is 5.56 Å². The minimum atomic E-state index is -0.586. The van der Waals surface area contributed by atoms with Gasteiger partial charge in [0.1, 0.15) is 5.82 Å². The molecule has 1 nitrogen and oxygen atoms in total. The van der Waals surface area contributed by atoms with E-state index in [9.17, 15) is 9.18 Å².